The molecule has 1 spiro atoms. The van der Waals surface area contributed by atoms with E-state index in [0.29, 0.717) is 0 Å². The second-order valence-corrected chi connectivity index (χ2v) is 6.47. The van der Waals surface area contributed by atoms with E-state index < -0.39 is 0 Å². The molecule has 0 amide bonds. The molecule has 0 saturated heterocycles. The lowest BCUT2D eigenvalue weighted by Gasteiger charge is -2.55. The Morgan fingerprint density at radius 1 is 1.26 bits per heavy atom. The predicted octanol–water partition coefficient (Wildman–Crippen LogP) is 4.11. The van der Waals surface area contributed by atoms with Gasteiger partial charge in [0.25, 0.3) is 0 Å². The Morgan fingerprint density at radius 2 is 2.00 bits per heavy atom. The van der Waals surface area contributed by atoms with Gasteiger partial charge in [-0.3, -0.25) is 0 Å². The van der Waals surface area contributed by atoms with Crippen molar-refractivity contribution in [3.63, 3.8) is 0 Å². The highest BCUT2D eigenvalue weighted by Crippen LogP contribution is 2.53. The van der Waals surface area contributed by atoms with Crippen LogP contribution in [0.15, 0.2) is 18.2 Å². The summed E-state index contributed by atoms with van der Waals surface area (Å²) in [6.07, 6.45) is 6.70. The lowest BCUT2D eigenvalue weighted by molar-refractivity contribution is -0.172. The molecule has 2 fully saturated rings. The van der Waals surface area contributed by atoms with Crippen LogP contribution in [0.5, 0.6) is 5.75 Å². The molecule has 0 heterocycles. The Kier molecular flexibility index (Phi) is 3.48. The molecule has 19 heavy (non-hydrogen) atoms. The van der Waals surface area contributed by atoms with E-state index in [1.54, 1.807) is 0 Å². The van der Waals surface area contributed by atoms with Crippen molar-refractivity contribution in [1.29, 1.82) is 0 Å². The van der Waals surface area contributed by atoms with E-state index in [9.17, 15) is 5.11 Å². The second kappa shape index (κ2) is 4.99. The van der Waals surface area contributed by atoms with Crippen molar-refractivity contribution in [2.75, 3.05) is 0 Å². The van der Waals surface area contributed by atoms with Crippen molar-refractivity contribution in [3.05, 3.63) is 28.8 Å². The highest BCUT2D eigenvalue weighted by atomic mass is 35.5. The fraction of sp³-hybridized carbons (Fsp3) is 0.625. The smallest absolute Gasteiger partial charge is 0.120 e. The standard InChI is InChI=1S/C16H21ClO2/c1-11-9-12(5-6-13(11)17)19-15-10-14(18)16(15)7-3-2-4-8-16/h5-6,9,14-15,18H,2-4,7-8,10H2,1H3. The molecule has 2 nitrogen and oxygen atoms in total. The average Bonchev–Trinajstić information content (AvgIpc) is 2.43. The van der Waals surface area contributed by atoms with Gasteiger partial charge in [-0.1, -0.05) is 30.9 Å². The molecular formula is C16H21ClO2. The van der Waals surface area contributed by atoms with Crippen molar-refractivity contribution < 1.29 is 9.84 Å². The van der Waals surface area contributed by atoms with Crippen LogP contribution in [0, 0.1) is 12.3 Å². The molecule has 3 rings (SSSR count). The Labute approximate surface area is 119 Å². The van der Waals surface area contributed by atoms with Gasteiger partial charge in [-0.2, -0.15) is 0 Å². The van der Waals surface area contributed by atoms with Crippen LogP contribution in [-0.4, -0.2) is 17.3 Å². The summed E-state index contributed by atoms with van der Waals surface area (Å²) >= 11 is 6.03. The molecule has 3 heteroatoms. The van der Waals surface area contributed by atoms with Crippen molar-refractivity contribution in [1.82, 2.24) is 0 Å². The third kappa shape index (κ3) is 2.25. The molecule has 1 aromatic rings. The van der Waals surface area contributed by atoms with Gasteiger partial charge in [0.15, 0.2) is 0 Å². The van der Waals surface area contributed by atoms with Gasteiger partial charge in [-0.15, -0.1) is 0 Å². The van der Waals surface area contributed by atoms with Gasteiger partial charge < -0.3 is 9.84 Å². The topological polar surface area (TPSA) is 29.5 Å². The Balaban J connectivity index is 1.74. The summed E-state index contributed by atoms with van der Waals surface area (Å²) < 4.78 is 6.13. The molecule has 2 atom stereocenters. The average molecular weight is 281 g/mol. The van der Waals surface area contributed by atoms with Gasteiger partial charge in [0.05, 0.1) is 6.10 Å². The first kappa shape index (κ1) is 13.3. The number of benzene rings is 1. The number of ether oxygens (including phenoxy) is 1. The molecule has 0 radical (unpaired) electrons. The van der Waals surface area contributed by atoms with E-state index in [0.717, 1.165) is 35.6 Å². The first-order valence-electron chi connectivity index (χ1n) is 7.23. The van der Waals surface area contributed by atoms with Crippen molar-refractivity contribution >= 4 is 11.6 Å². The first-order chi connectivity index (χ1) is 9.12. The fourth-order valence-electron chi connectivity index (χ4n) is 3.61. The number of aliphatic hydroxyl groups is 1. The summed E-state index contributed by atoms with van der Waals surface area (Å²) in [5.74, 6) is 0.878. The Morgan fingerprint density at radius 3 is 2.63 bits per heavy atom. The third-order valence-corrected chi connectivity index (χ3v) is 5.36. The van der Waals surface area contributed by atoms with E-state index >= 15 is 0 Å². The summed E-state index contributed by atoms with van der Waals surface area (Å²) in [5, 5.41) is 10.9. The maximum Gasteiger partial charge on any atom is 0.120 e. The molecule has 1 N–H and O–H groups in total. The van der Waals surface area contributed by atoms with Crippen LogP contribution in [0.3, 0.4) is 0 Å². The number of aryl methyl sites for hydroxylation is 1. The molecule has 0 bridgehead atoms. The fourth-order valence-corrected chi connectivity index (χ4v) is 3.73. The molecule has 0 aromatic heterocycles. The molecule has 2 unspecified atom stereocenters. The normalized spacial score (nSPS) is 29.0. The van der Waals surface area contributed by atoms with E-state index in [-0.39, 0.29) is 17.6 Å². The summed E-state index contributed by atoms with van der Waals surface area (Å²) in [7, 11) is 0. The maximum atomic E-state index is 10.2. The van der Waals surface area contributed by atoms with Crippen LogP contribution in [0.1, 0.15) is 44.1 Å². The van der Waals surface area contributed by atoms with Crippen LogP contribution in [0.2, 0.25) is 5.02 Å². The molecule has 1 aromatic carbocycles. The number of rotatable bonds is 2. The minimum absolute atomic E-state index is 0.0196. The molecule has 2 aliphatic carbocycles. The van der Waals surface area contributed by atoms with Crippen LogP contribution in [0.25, 0.3) is 0 Å². The zero-order chi connectivity index (χ0) is 13.5. The van der Waals surface area contributed by atoms with Gasteiger partial charge in [-0.25, -0.2) is 0 Å². The van der Waals surface area contributed by atoms with Gasteiger partial charge in [0.1, 0.15) is 11.9 Å². The second-order valence-electron chi connectivity index (χ2n) is 6.06. The molecule has 2 aliphatic rings. The van der Waals surface area contributed by atoms with E-state index in [1.165, 1.54) is 19.3 Å². The quantitative estimate of drug-likeness (QED) is 0.883. The van der Waals surface area contributed by atoms with Crippen LogP contribution < -0.4 is 4.74 Å². The van der Waals surface area contributed by atoms with E-state index in [1.807, 2.05) is 25.1 Å². The zero-order valence-corrected chi connectivity index (χ0v) is 12.1. The lowest BCUT2D eigenvalue weighted by Crippen LogP contribution is -2.60. The van der Waals surface area contributed by atoms with Crippen LogP contribution >= 0.6 is 11.6 Å². The third-order valence-electron chi connectivity index (χ3n) is 4.93. The lowest BCUT2D eigenvalue weighted by atomic mass is 9.56. The zero-order valence-electron chi connectivity index (χ0n) is 11.4. The molecule has 2 saturated carbocycles. The number of hydrogen-bond donors (Lipinski definition) is 1. The van der Waals surface area contributed by atoms with Gasteiger partial charge in [0, 0.05) is 16.9 Å². The minimum atomic E-state index is -0.175. The largest absolute Gasteiger partial charge is 0.490 e. The monoisotopic (exact) mass is 280 g/mol. The van der Waals surface area contributed by atoms with Gasteiger partial charge >= 0.3 is 0 Å². The SMILES string of the molecule is Cc1cc(OC2CC(O)C23CCCCC3)ccc1Cl. The van der Waals surface area contributed by atoms with Gasteiger partial charge in [0.2, 0.25) is 0 Å². The summed E-state index contributed by atoms with van der Waals surface area (Å²) in [5.41, 5.74) is 1.06. The Bertz CT molecular complexity index is 466. The van der Waals surface area contributed by atoms with Crippen molar-refractivity contribution in [3.8, 4) is 5.75 Å². The summed E-state index contributed by atoms with van der Waals surface area (Å²) in [6.45, 7) is 1.99. The number of halogens is 1. The number of hydrogen-bond acceptors (Lipinski definition) is 2. The Hall–Kier alpha value is -0.730. The van der Waals surface area contributed by atoms with Crippen LogP contribution in [0.4, 0.5) is 0 Å². The summed E-state index contributed by atoms with van der Waals surface area (Å²) in [4.78, 5) is 0. The minimum Gasteiger partial charge on any atom is -0.490 e. The highest BCUT2D eigenvalue weighted by molar-refractivity contribution is 6.31. The maximum absolute atomic E-state index is 10.2. The molecular weight excluding hydrogens is 260 g/mol. The van der Waals surface area contributed by atoms with Gasteiger partial charge in [-0.05, 0) is 43.5 Å². The van der Waals surface area contributed by atoms with Crippen LogP contribution in [-0.2, 0) is 0 Å². The van der Waals surface area contributed by atoms with Crippen molar-refractivity contribution in [2.45, 2.75) is 57.7 Å². The summed E-state index contributed by atoms with van der Waals surface area (Å²) in [6, 6.07) is 5.80. The van der Waals surface area contributed by atoms with E-state index in [2.05, 4.69) is 0 Å². The van der Waals surface area contributed by atoms with Crippen molar-refractivity contribution in [2.24, 2.45) is 5.41 Å². The van der Waals surface area contributed by atoms with E-state index in [4.69, 9.17) is 16.3 Å². The molecule has 104 valence electrons. The first-order valence-corrected chi connectivity index (χ1v) is 7.60. The highest BCUT2D eigenvalue weighted by Gasteiger charge is 2.56. The molecule has 0 aliphatic heterocycles. The predicted molar refractivity (Wildman–Crippen MR) is 76.7 cm³/mol. The number of aliphatic hydroxyl groups excluding tert-OH is 1.